The van der Waals surface area contributed by atoms with E-state index in [0.717, 1.165) is 17.1 Å². The number of nitrogens with zero attached hydrogens (tertiary/aromatic N) is 1. The Morgan fingerprint density at radius 1 is 0.278 bits per heavy atom. The average Bonchev–Trinajstić information content (AvgIpc) is 4.14. The molecule has 1 aliphatic carbocycles. The highest BCUT2D eigenvalue weighted by Gasteiger charge is 2.47. The fourth-order valence-electron chi connectivity index (χ4n) is 12.2. The van der Waals surface area contributed by atoms with Crippen LogP contribution in [0, 0.1) is 0 Å². The first kappa shape index (κ1) is 41.2. The third-order valence-corrected chi connectivity index (χ3v) is 17.9. The molecule has 0 unspecified atom stereocenters. The summed E-state index contributed by atoms with van der Waals surface area (Å²) < 4.78 is 5.33. The highest BCUT2D eigenvalue weighted by Crippen LogP contribution is 2.59. The van der Waals surface area contributed by atoms with Crippen molar-refractivity contribution in [2.45, 2.75) is 5.41 Å². The second-order valence-electron chi connectivity index (χ2n) is 19.1. The van der Waals surface area contributed by atoms with Crippen LogP contribution in [0.25, 0.3) is 95.3 Å². The van der Waals surface area contributed by atoms with Crippen LogP contribution < -0.4 is 4.90 Å². The smallest absolute Gasteiger partial charge is 0.0714 e. The van der Waals surface area contributed by atoms with E-state index in [1.807, 2.05) is 22.7 Å². The largest absolute Gasteiger partial charge is 0.310 e. The molecule has 1 nitrogen and oxygen atoms in total. The van der Waals surface area contributed by atoms with Crippen molar-refractivity contribution in [3.8, 4) is 33.4 Å². The second-order valence-corrected chi connectivity index (χ2v) is 21.1. The van der Waals surface area contributed by atoms with Gasteiger partial charge in [0.15, 0.2) is 0 Å². The topological polar surface area (TPSA) is 3.24 Å². The van der Waals surface area contributed by atoms with Gasteiger partial charge >= 0.3 is 0 Å². The summed E-state index contributed by atoms with van der Waals surface area (Å²) in [5.41, 5.74) is 15.3. The predicted molar refractivity (Wildman–Crippen MR) is 310 cm³/mol. The Hall–Kier alpha value is -8.60. The van der Waals surface area contributed by atoms with Gasteiger partial charge in [-0.15, -0.1) is 22.7 Å². The van der Waals surface area contributed by atoms with Gasteiger partial charge in [-0.3, -0.25) is 0 Å². The maximum atomic E-state index is 2.49. The summed E-state index contributed by atoms with van der Waals surface area (Å²) in [5, 5.41) is 10.4. The standard InChI is InChI=1S/C69H43NS2/c1-3-18-48(19-4-1)69(49-20-5-2-6-21-49)61-29-12-11-24-60(61)64-62(69)30-15-31-63(64)70(50-38-32-46(33-39-50)54-25-13-27-56-58-42-36-44-16-7-9-22-52(44)67(58)71-65(54)56)51-40-34-47(35-41-51)55-26-14-28-57-59-43-37-45-17-8-10-23-53(45)68(59)72-66(55)57/h1-43H. The molecule has 0 aliphatic heterocycles. The molecule has 3 heteroatoms. The molecule has 0 saturated heterocycles. The molecule has 0 spiro atoms. The Balaban J connectivity index is 0.924. The summed E-state index contributed by atoms with van der Waals surface area (Å²) in [7, 11) is 0. The monoisotopic (exact) mass is 949 g/mol. The van der Waals surface area contributed by atoms with Crippen LogP contribution in [-0.2, 0) is 5.41 Å². The van der Waals surface area contributed by atoms with Crippen molar-refractivity contribution < 1.29 is 0 Å². The summed E-state index contributed by atoms with van der Waals surface area (Å²) in [6, 6.07) is 97.2. The van der Waals surface area contributed by atoms with E-state index >= 15 is 0 Å². The van der Waals surface area contributed by atoms with Crippen molar-refractivity contribution in [3.05, 3.63) is 283 Å². The molecule has 12 aromatic carbocycles. The lowest BCUT2D eigenvalue weighted by atomic mass is 9.68. The van der Waals surface area contributed by atoms with Gasteiger partial charge in [-0.05, 0) is 102 Å². The van der Waals surface area contributed by atoms with E-state index in [1.165, 1.54) is 118 Å². The van der Waals surface area contributed by atoms with Crippen LogP contribution in [0.15, 0.2) is 261 Å². The highest BCUT2D eigenvalue weighted by molar-refractivity contribution is 7.27. The van der Waals surface area contributed by atoms with Crippen LogP contribution in [0.5, 0.6) is 0 Å². The first-order valence-electron chi connectivity index (χ1n) is 24.7. The zero-order valence-electron chi connectivity index (χ0n) is 39.1. The maximum Gasteiger partial charge on any atom is 0.0714 e. The van der Waals surface area contributed by atoms with Gasteiger partial charge in [-0.2, -0.15) is 0 Å². The number of hydrogen-bond donors (Lipinski definition) is 0. The SMILES string of the molecule is c1ccc(C2(c3ccccc3)c3ccccc3-c3c(N(c4ccc(-c5cccc6c5sc5c7ccccc7ccc65)cc4)c4ccc(-c5cccc6c5sc5c7ccccc7ccc65)cc4)cccc32)cc1. The Bertz CT molecular complexity index is 4200. The van der Waals surface area contributed by atoms with Gasteiger partial charge in [-0.1, -0.05) is 231 Å². The van der Waals surface area contributed by atoms with Crippen LogP contribution in [0.2, 0.25) is 0 Å². The maximum absolute atomic E-state index is 2.49. The molecule has 1 aliphatic rings. The summed E-state index contributed by atoms with van der Waals surface area (Å²) >= 11 is 3.82. The number of rotatable bonds is 7. The van der Waals surface area contributed by atoms with E-state index in [-0.39, 0.29) is 0 Å². The van der Waals surface area contributed by atoms with Crippen molar-refractivity contribution >= 4 is 102 Å². The number of benzene rings is 12. The lowest BCUT2D eigenvalue weighted by molar-refractivity contribution is 0.768. The van der Waals surface area contributed by atoms with E-state index in [0.29, 0.717) is 0 Å². The normalized spacial score (nSPS) is 12.8. The molecule has 0 saturated carbocycles. The van der Waals surface area contributed by atoms with Gasteiger partial charge in [0.25, 0.3) is 0 Å². The molecule has 0 fully saturated rings. The Labute approximate surface area is 425 Å². The van der Waals surface area contributed by atoms with Crippen molar-refractivity contribution in [2.75, 3.05) is 4.90 Å². The third kappa shape index (κ3) is 6.05. The number of hydrogen-bond acceptors (Lipinski definition) is 3. The van der Waals surface area contributed by atoms with Gasteiger partial charge in [0.1, 0.15) is 0 Å². The molecule has 336 valence electrons. The number of thiophene rings is 2. The van der Waals surface area contributed by atoms with Crippen LogP contribution in [0.3, 0.4) is 0 Å². The molecule has 15 rings (SSSR count). The molecular weight excluding hydrogens is 907 g/mol. The first-order chi connectivity index (χ1) is 35.7. The quantitative estimate of drug-likeness (QED) is 0.154. The summed E-state index contributed by atoms with van der Waals surface area (Å²) in [6.07, 6.45) is 0. The van der Waals surface area contributed by atoms with Crippen LogP contribution in [-0.4, -0.2) is 0 Å². The lowest BCUT2D eigenvalue weighted by Crippen LogP contribution is -2.28. The molecule has 14 aromatic rings. The second kappa shape index (κ2) is 16.2. The minimum Gasteiger partial charge on any atom is -0.310 e. The zero-order valence-corrected chi connectivity index (χ0v) is 40.7. The van der Waals surface area contributed by atoms with Crippen molar-refractivity contribution in [1.82, 2.24) is 0 Å². The fraction of sp³-hybridized carbons (Fsp3) is 0.0145. The van der Waals surface area contributed by atoms with Gasteiger partial charge < -0.3 is 4.90 Å². The number of anilines is 3. The first-order valence-corrected chi connectivity index (χ1v) is 26.4. The molecule has 2 aromatic heterocycles. The summed E-state index contributed by atoms with van der Waals surface area (Å²) in [5.74, 6) is 0. The zero-order chi connectivity index (χ0) is 47.3. The highest BCUT2D eigenvalue weighted by atomic mass is 32.1. The molecule has 2 heterocycles. The van der Waals surface area contributed by atoms with E-state index < -0.39 is 5.41 Å². The van der Waals surface area contributed by atoms with Crippen LogP contribution >= 0.6 is 22.7 Å². The molecule has 0 amide bonds. The Morgan fingerprint density at radius 2 is 0.694 bits per heavy atom. The number of fused-ring (bicyclic) bond motifs is 13. The van der Waals surface area contributed by atoms with Gasteiger partial charge in [0, 0.05) is 57.3 Å². The van der Waals surface area contributed by atoms with Gasteiger partial charge in [0.05, 0.1) is 11.1 Å². The van der Waals surface area contributed by atoms with E-state index in [2.05, 4.69) is 266 Å². The molecule has 0 bridgehead atoms. The minimum atomic E-state index is -0.521. The Morgan fingerprint density at radius 3 is 1.24 bits per heavy atom. The van der Waals surface area contributed by atoms with Gasteiger partial charge in [-0.25, -0.2) is 0 Å². The molecule has 72 heavy (non-hydrogen) atoms. The van der Waals surface area contributed by atoms with E-state index in [1.54, 1.807) is 0 Å². The van der Waals surface area contributed by atoms with E-state index in [4.69, 9.17) is 0 Å². The van der Waals surface area contributed by atoms with Crippen LogP contribution in [0.1, 0.15) is 22.3 Å². The molecule has 0 N–H and O–H groups in total. The summed E-state index contributed by atoms with van der Waals surface area (Å²) in [4.78, 5) is 2.49. The Kier molecular flexibility index (Phi) is 9.29. The lowest BCUT2D eigenvalue weighted by Gasteiger charge is -2.34. The molecular formula is C69H43NS2. The van der Waals surface area contributed by atoms with E-state index in [9.17, 15) is 0 Å². The van der Waals surface area contributed by atoms with Gasteiger partial charge in [0.2, 0.25) is 0 Å². The van der Waals surface area contributed by atoms with Crippen molar-refractivity contribution in [2.24, 2.45) is 0 Å². The van der Waals surface area contributed by atoms with Crippen molar-refractivity contribution in [1.29, 1.82) is 0 Å². The fourth-order valence-corrected chi connectivity index (χ4v) is 14.9. The van der Waals surface area contributed by atoms with Crippen LogP contribution in [0.4, 0.5) is 17.1 Å². The third-order valence-electron chi connectivity index (χ3n) is 15.4. The summed E-state index contributed by atoms with van der Waals surface area (Å²) in [6.45, 7) is 0. The van der Waals surface area contributed by atoms with Crippen molar-refractivity contribution in [3.63, 3.8) is 0 Å². The average molecular weight is 950 g/mol. The minimum absolute atomic E-state index is 0.521. The molecule has 0 atom stereocenters. The molecule has 0 radical (unpaired) electrons. The predicted octanol–water partition coefficient (Wildman–Crippen LogP) is 19.9.